The molecule has 1 aliphatic rings. The van der Waals surface area contributed by atoms with Gasteiger partial charge in [0.15, 0.2) is 0 Å². The van der Waals surface area contributed by atoms with E-state index in [0.29, 0.717) is 17.5 Å². The number of carbonyl (C=O) groups is 1. The van der Waals surface area contributed by atoms with Crippen LogP contribution in [0.2, 0.25) is 0 Å². The summed E-state index contributed by atoms with van der Waals surface area (Å²) in [6.45, 7) is 0.780. The Hall–Kier alpha value is -0.980. The quantitative estimate of drug-likeness (QED) is 0.887. The average Bonchev–Trinajstić information content (AvgIpc) is 2.77. The van der Waals surface area contributed by atoms with Gasteiger partial charge in [-0.3, -0.25) is 4.79 Å². The zero-order chi connectivity index (χ0) is 13.2. The van der Waals surface area contributed by atoms with E-state index in [1.165, 1.54) is 12.1 Å². The van der Waals surface area contributed by atoms with Crippen LogP contribution in [0.25, 0.3) is 0 Å². The monoisotopic (exact) mass is 317 g/mol. The Bertz CT molecular complexity index is 461. The highest BCUT2D eigenvalue weighted by molar-refractivity contribution is 9.10. The van der Waals surface area contributed by atoms with E-state index in [2.05, 4.69) is 21.2 Å². The molecule has 0 radical (unpaired) electrons. The Kier molecular flexibility index (Phi) is 3.99. The molecule has 0 aromatic heterocycles. The lowest BCUT2D eigenvalue weighted by atomic mass is 10.0. The van der Waals surface area contributed by atoms with Crippen LogP contribution in [-0.2, 0) is 4.74 Å². The minimum absolute atomic E-state index is 0.0921. The summed E-state index contributed by atoms with van der Waals surface area (Å²) < 4.78 is 18.6. The fourth-order valence-electron chi connectivity index (χ4n) is 1.75. The number of amides is 1. The van der Waals surface area contributed by atoms with Crippen LogP contribution in [0.5, 0.6) is 0 Å². The van der Waals surface area contributed by atoms with Crippen LogP contribution in [0.1, 0.15) is 16.8 Å². The van der Waals surface area contributed by atoms with Crippen LogP contribution in [0, 0.1) is 5.82 Å². The largest absolute Gasteiger partial charge is 0.386 e. The highest BCUT2D eigenvalue weighted by Gasteiger charge is 2.32. The van der Waals surface area contributed by atoms with Crippen molar-refractivity contribution in [2.75, 3.05) is 19.8 Å². The summed E-state index contributed by atoms with van der Waals surface area (Å²) in [5.74, 6) is -0.909. The van der Waals surface area contributed by atoms with Crippen molar-refractivity contribution in [3.05, 3.63) is 34.1 Å². The van der Waals surface area contributed by atoms with E-state index in [0.717, 1.165) is 6.07 Å². The maximum atomic E-state index is 13.1. The van der Waals surface area contributed by atoms with Gasteiger partial charge in [0.25, 0.3) is 5.91 Å². The van der Waals surface area contributed by atoms with Crippen molar-refractivity contribution in [1.29, 1.82) is 0 Å². The molecule has 1 aliphatic heterocycles. The summed E-state index contributed by atoms with van der Waals surface area (Å²) in [6, 6.07) is 3.88. The maximum Gasteiger partial charge on any atom is 0.252 e. The second kappa shape index (κ2) is 5.34. The lowest BCUT2D eigenvalue weighted by molar-refractivity contribution is 0.0264. The molecule has 0 aliphatic carbocycles. The lowest BCUT2D eigenvalue weighted by Crippen LogP contribution is -2.43. The predicted octanol–water partition coefficient (Wildman–Crippen LogP) is 1.47. The molecule has 1 aromatic rings. The van der Waals surface area contributed by atoms with Gasteiger partial charge in [0.05, 0.1) is 12.2 Å². The van der Waals surface area contributed by atoms with Crippen LogP contribution < -0.4 is 5.32 Å². The summed E-state index contributed by atoms with van der Waals surface area (Å²) in [6.07, 6.45) is 0.484. The minimum atomic E-state index is -1.02. The number of hydrogen-bond donors (Lipinski definition) is 2. The van der Waals surface area contributed by atoms with E-state index >= 15 is 0 Å². The lowest BCUT2D eigenvalue weighted by Gasteiger charge is -2.20. The van der Waals surface area contributed by atoms with Gasteiger partial charge in [-0.15, -0.1) is 0 Å². The summed E-state index contributed by atoms with van der Waals surface area (Å²) in [4.78, 5) is 11.9. The molecule has 98 valence electrons. The highest BCUT2D eigenvalue weighted by Crippen LogP contribution is 2.19. The molecule has 1 saturated heterocycles. The smallest absolute Gasteiger partial charge is 0.252 e. The second-order valence-corrected chi connectivity index (χ2v) is 5.19. The molecule has 0 spiro atoms. The Morgan fingerprint density at radius 3 is 3.06 bits per heavy atom. The zero-order valence-electron chi connectivity index (χ0n) is 9.58. The third kappa shape index (κ3) is 3.07. The van der Waals surface area contributed by atoms with Gasteiger partial charge in [0.2, 0.25) is 0 Å². The number of aliphatic hydroxyl groups is 1. The molecule has 1 heterocycles. The molecule has 1 fully saturated rings. The van der Waals surface area contributed by atoms with Crippen molar-refractivity contribution in [3.63, 3.8) is 0 Å². The highest BCUT2D eigenvalue weighted by atomic mass is 79.9. The summed E-state index contributed by atoms with van der Waals surface area (Å²) >= 11 is 3.18. The van der Waals surface area contributed by atoms with Gasteiger partial charge in [0.1, 0.15) is 11.4 Å². The van der Waals surface area contributed by atoms with E-state index in [9.17, 15) is 14.3 Å². The minimum Gasteiger partial charge on any atom is -0.386 e. The molecular weight excluding hydrogens is 305 g/mol. The molecule has 18 heavy (non-hydrogen) atoms. The maximum absolute atomic E-state index is 13.1. The number of benzene rings is 1. The normalized spacial score (nSPS) is 23.1. The first-order valence-corrected chi connectivity index (χ1v) is 6.33. The van der Waals surface area contributed by atoms with Crippen molar-refractivity contribution in [3.8, 4) is 0 Å². The van der Waals surface area contributed by atoms with Gasteiger partial charge < -0.3 is 15.2 Å². The average molecular weight is 318 g/mol. The first kappa shape index (κ1) is 13.5. The van der Waals surface area contributed by atoms with Crippen LogP contribution >= 0.6 is 15.9 Å². The van der Waals surface area contributed by atoms with Gasteiger partial charge in [-0.05, 0) is 34.1 Å². The number of nitrogens with one attached hydrogen (secondary N) is 1. The van der Waals surface area contributed by atoms with Crippen molar-refractivity contribution >= 4 is 21.8 Å². The second-order valence-electron chi connectivity index (χ2n) is 4.33. The van der Waals surface area contributed by atoms with Crippen molar-refractivity contribution < 1.29 is 19.0 Å². The van der Waals surface area contributed by atoms with Crippen LogP contribution in [0.3, 0.4) is 0 Å². The Morgan fingerprint density at radius 1 is 1.61 bits per heavy atom. The standard InChI is InChI=1S/C12H13BrFNO3/c13-10-2-1-8(14)5-9(10)11(16)15-6-12(17)3-4-18-7-12/h1-2,5,17H,3-4,6-7H2,(H,15,16). The number of hydrogen-bond acceptors (Lipinski definition) is 3. The molecule has 4 nitrogen and oxygen atoms in total. The fraction of sp³-hybridized carbons (Fsp3) is 0.417. The van der Waals surface area contributed by atoms with Crippen molar-refractivity contribution in [1.82, 2.24) is 5.32 Å². The zero-order valence-corrected chi connectivity index (χ0v) is 11.2. The summed E-state index contributed by atoms with van der Waals surface area (Å²) in [7, 11) is 0. The number of carbonyl (C=O) groups excluding carboxylic acids is 1. The predicted molar refractivity (Wildman–Crippen MR) is 66.8 cm³/mol. The van der Waals surface area contributed by atoms with Gasteiger partial charge >= 0.3 is 0 Å². The molecule has 2 rings (SSSR count). The molecule has 0 bridgehead atoms. The van der Waals surface area contributed by atoms with E-state index in [4.69, 9.17) is 4.74 Å². The van der Waals surface area contributed by atoms with E-state index in [-0.39, 0.29) is 18.7 Å². The summed E-state index contributed by atoms with van der Waals surface area (Å²) in [5, 5.41) is 12.6. The number of rotatable bonds is 3. The first-order valence-electron chi connectivity index (χ1n) is 5.54. The Balaban J connectivity index is 2.01. The van der Waals surface area contributed by atoms with Crippen LogP contribution in [0.4, 0.5) is 4.39 Å². The number of ether oxygens (including phenoxy) is 1. The van der Waals surface area contributed by atoms with E-state index in [1.807, 2.05) is 0 Å². The number of halogens is 2. The molecule has 1 atom stereocenters. The molecule has 6 heteroatoms. The molecule has 1 amide bonds. The van der Waals surface area contributed by atoms with E-state index < -0.39 is 17.3 Å². The molecule has 2 N–H and O–H groups in total. The van der Waals surface area contributed by atoms with Crippen LogP contribution in [-0.4, -0.2) is 36.4 Å². The van der Waals surface area contributed by atoms with E-state index in [1.54, 1.807) is 0 Å². The summed E-state index contributed by atoms with van der Waals surface area (Å²) in [5.41, 5.74) is -0.812. The van der Waals surface area contributed by atoms with Crippen LogP contribution in [0.15, 0.2) is 22.7 Å². The molecule has 0 saturated carbocycles. The SMILES string of the molecule is O=C(NCC1(O)CCOC1)c1cc(F)ccc1Br. The van der Waals surface area contributed by atoms with Crippen molar-refractivity contribution in [2.24, 2.45) is 0 Å². The third-order valence-electron chi connectivity index (χ3n) is 2.83. The van der Waals surface area contributed by atoms with Gasteiger partial charge in [0, 0.05) is 24.0 Å². The molecule has 1 aromatic carbocycles. The van der Waals surface area contributed by atoms with Gasteiger partial charge in [-0.1, -0.05) is 0 Å². The fourth-order valence-corrected chi connectivity index (χ4v) is 2.17. The first-order chi connectivity index (χ1) is 8.50. The van der Waals surface area contributed by atoms with Crippen molar-refractivity contribution in [2.45, 2.75) is 12.0 Å². The Labute approximate surface area is 112 Å². The Morgan fingerprint density at radius 2 is 2.39 bits per heavy atom. The van der Waals surface area contributed by atoms with Gasteiger partial charge in [-0.25, -0.2) is 4.39 Å². The molecule has 1 unspecified atom stereocenters. The van der Waals surface area contributed by atoms with Gasteiger partial charge in [-0.2, -0.15) is 0 Å². The molecular formula is C12H13BrFNO3. The third-order valence-corrected chi connectivity index (χ3v) is 3.53. The topological polar surface area (TPSA) is 58.6 Å².